The van der Waals surface area contributed by atoms with E-state index in [-0.39, 0.29) is 48.2 Å². The standard InChI is InChI=1S/C59H60N3O7/c1-59(28-9-10-29-59)51-36-48-43-17-11-16-41(34-43)35-44(19-22-45-38-62(31-30-60-45)58(48)61-51)52-54-53(49(65)37-50(69-54)42-20-24-46(63)25-21-42)56(68-33-27-47(64)23-18-39-12-5-3-6-13-39)57(66-2)55(52)67-32-26-40-14-7-4-8-15-40/h3-8,11-18,20-21,23-25,34,36,44-45,47,50,60,63-64H,9-10,26-33,35,37-38H2,1-2H3/q-1/p+1. The summed E-state index contributed by atoms with van der Waals surface area (Å²) in [7, 11) is 1.59. The third-order valence-corrected chi connectivity index (χ3v) is 14.2. The zero-order valence-electron chi connectivity index (χ0n) is 39.5. The van der Waals surface area contributed by atoms with Gasteiger partial charge in [-0.2, -0.15) is 0 Å². The molecule has 4 heterocycles. The van der Waals surface area contributed by atoms with Gasteiger partial charge in [0.15, 0.2) is 17.1 Å². The Labute approximate surface area is 405 Å². The molecule has 1 aromatic heterocycles. The highest BCUT2D eigenvalue weighted by molar-refractivity contribution is 6.05. The number of ether oxygens (including phenoxy) is 4. The fourth-order valence-corrected chi connectivity index (χ4v) is 10.4. The van der Waals surface area contributed by atoms with E-state index in [0.717, 1.165) is 65.1 Å². The fourth-order valence-electron chi connectivity index (χ4n) is 10.4. The van der Waals surface area contributed by atoms with E-state index in [1.807, 2.05) is 66.7 Å². The summed E-state index contributed by atoms with van der Waals surface area (Å²) in [5.74, 6) is 9.53. The molecule has 1 saturated carbocycles. The van der Waals surface area contributed by atoms with E-state index in [1.54, 1.807) is 25.3 Å². The summed E-state index contributed by atoms with van der Waals surface area (Å²) in [5, 5.41) is 25.1. The Kier molecular flexibility index (Phi) is 13.5. The van der Waals surface area contributed by atoms with Crippen LogP contribution in [0.4, 0.5) is 5.82 Å². The number of phenolic OH excluding ortho intramolecular Hbond substituents is 1. The number of phenols is 1. The first kappa shape index (κ1) is 45.8. The van der Waals surface area contributed by atoms with Gasteiger partial charge in [0.1, 0.15) is 24.0 Å². The van der Waals surface area contributed by atoms with Crippen molar-refractivity contribution < 1.29 is 34.0 Å². The molecule has 0 amide bonds. The molecule has 4 bridgehead atoms. The molecule has 6 aromatic rings. The first-order chi connectivity index (χ1) is 33.7. The maximum Gasteiger partial charge on any atom is 0.335 e. The van der Waals surface area contributed by atoms with Gasteiger partial charge in [0, 0.05) is 12.8 Å². The molecule has 10 heteroatoms. The Morgan fingerprint density at radius 1 is 0.899 bits per heavy atom. The summed E-state index contributed by atoms with van der Waals surface area (Å²) in [6.07, 6.45) is 8.46. The minimum Gasteiger partial charge on any atom is -0.508 e. The first-order valence-electron chi connectivity index (χ1n) is 24.5. The van der Waals surface area contributed by atoms with E-state index in [9.17, 15) is 15.0 Å². The number of aliphatic hydroxyl groups is 1. The Hall–Kier alpha value is -6.93. The monoisotopic (exact) mass is 923 g/mol. The van der Waals surface area contributed by atoms with Crippen molar-refractivity contribution in [3.63, 3.8) is 0 Å². The van der Waals surface area contributed by atoms with Crippen LogP contribution in [-0.2, 0) is 18.3 Å². The second-order valence-corrected chi connectivity index (χ2v) is 19.1. The smallest absolute Gasteiger partial charge is 0.335 e. The van der Waals surface area contributed by atoms with Gasteiger partial charge in [-0.3, -0.25) is 4.79 Å². The van der Waals surface area contributed by atoms with E-state index in [4.69, 9.17) is 23.9 Å². The van der Waals surface area contributed by atoms with Crippen molar-refractivity contribution in [1.29, 1.82) is 0 Å². The maximum atomic E-state index is 12.4. The number of aliphatic hydroxyl groups excluding tert-OH is 1. The van der Waals surface area contributed by atoms with Gasteiger partial charge in [0.05, 0.1) is 44.0 Å². The van der Waals surface area contributed by atoms with Crippen molar-refractivity contribution in [3.05, 3.63) is 160 Å². The number of aromatic nitrogens is 1. The lowest BCUT2D eigenvalue weighted by atomic mass is 9.84. The zero-order chi connectivity index (χ0) is 47.3. The maximum absolute atomic E-state index is 12.4. The van der Waals surface area contributed by atoms with Crippen LogP contribution in [0.1, 0.15) is 96.5 Å². The number of hydrogen-bond donors (Lipinski definition) is 3. The number of nitrogens with one attached hydrogen (secondary N) is 1. The number of ketones is 1. The van der Waals surface area contributed by atoms with E-state index >= 15 is 0 Å². The van der Waals surface area contributed by atoms with Crippen LogP contribution in [0.2, 0.25) is 0 Å². The number of fused-ring (bicyclic) bond motifs is 8. The van der Waals surface area contributed by atoms with Crippen LogP contribution in [0.25, 0.3) is 17.2 Å². The van der Waals surface area contributed by atoms with Gasteiger partial charge in [-0.05, 0) is 89.8 Å². The molecule has 5 aromatic carbocycles. The minimum absolute atomic E-state index is 0.0555. The molecule has 354 valence electrons. The Balaban J connectivity index is 1.11. The SMILES string of the molecule is COc1c(OCCC(O)C=Cc2ccccc2)c2c(c(C3C#CC4CN(CCN4)c4[n-]c(C5(C)CCCC5)cc4-c4cccc(c4)C3)c1OCCc1ccccc1)OC(c1ccc(O)cc1)CC2=[OH+]. The molecule has 0 spiro atoms. The molecule has 69 heavy (non-hydrogen) atoms. The molecular weight excluding hydrogens is 863 g/mol. The van der Waals surface area contributed by atoms with Crippen molar-refractivity contribution in [2.75, 3.05) is 44.9 Å². The van der Waals surface area contributed by atoms with Crippen LogP contribution in [-0.4, -0.2) is 72.9 Å². The van der Waals surface area contributed by atoms with Gasteiger partial charge in [0.2, 0.25) is 5.75 Å². The number of carbonyl (C=O) groups excluding carboxylic acids is 1. The van der Waals surface area contributed by atoms with Gasteiger partial charge in [0.25, 0.3) is 0 Å². The molecule has 2 fully saturated rings. The number of rotatable bonds is 14. The van der Waals surface area contributed by atoms with Gasteiger partial charge in [-0.25, -0.2) is 0 Å². The number of nitrogens with zero attached hydrogens (tertiary/aromatic N) is 2. The lowest BCUT2D eigenvalue weighted by molar-refractivity contribution is 0.171. The summed E-state index contributed by atoms with van der Waals surface area (Å²) < 4.78 is 27.1. The third-order valence-electron chi connectivity index (χ3n) is 14.2. The molecule has 10 rings (SSSR count). The quantitative estimate of drug-likeness (QED) is 0.0723. The Morgan fingerprint density at radius 2 is 1.67 bits per heavy atom. The molecule has 4 aliphatic rings. The van der Waals surface area contributed by atoms with Crippen molar-refractivity contribution in [3.8, 4) is 51.7 Å². The lowest BCUT2D eigenvalue weighted by Gasteiger charge is -2.41. The van der Waals surface area contributed by atoms with E-state index < -0.39 is 18.1 Å². The number of benzene rings is 5. The predicted molar refractivity (Wildman–Crippen MR) is 272 cm³/mol. The number of hydrogen-bond acceptors (Lipinski definition) is 8. The number of anilines is 1. The van der Waals surface area contributed by atoms with Gasteiger partial charge in [-0.15, -0.1) is 0 Å². The topological polar surface area (TPSA) is 128 Å². The largest absolute Gasteiger partial charge is 0.508 e. The molecule has 4 atom stereocenters. The average molecular weight is 924 g/mol. The molecule has 4 unspecified atom stereocenters. The molecule has 1 aliphatic carbocycles. The summed E-state index contributed by atoms with van der Waals surface area (Å²) in [6.45, 7) is 5.00. The minimum atomic E-state index is -0.801. The fraction of sp³-hybridized carbons (Fsp3) is 0.339. The third kappa shape index (κ3) is 9.99. The summed E-state index contributed by atoms with van der Waals surface area (Å²) in [6, 6.07) is 37.8. The highest BCUT2D eigenvalue weighted by atomic mass is 16.5. The average Bonchev–Trinajstić information content (AvgIpc) is 4.04. The summed E-state index contributed by atoms with van der Waals surface area (Å²) in [4.78, 5) is 20.2. The molecule has 3 aliphatic heterocycles. The van der Waals surface area contributed by atoms with Crippen LogP contribution >= 0.6 is 0 Å². The van der Waals surface area contributed by atoms with E-state index in [0.29, 0.717) is 54.4 Å². The second kappa shape index (κ2) is 20.3. The van der Waals surface area contributed by atoms with Gasteiger partial charge < -0.3 is 44.4 Å². The molecule has 10 nitrogen and oxygen atoms in total. The molecule has 0 radical (unpaired) electrons. The molecular formula is C59H61N3O7. The zero-order valence-corrected chi connectivity index (χ0v) is 39.5. The van der Waals surface area contributed by atoms with Crippen LogP contribution in [0.5, 0.6) is 28.7 Å². The van der Waals surface area contributed by atoms with Gasteiger partial charge >= 0.3 is 5.78 Å². The van der Waals surface area contributed by atoms with Crippen molar-refractivity contribution in [1.82, 2.24) is 10.3 Å². The van der Waals surface area contributed by atoms with E-state index in [2.05, 4.69) is 71.4 Å². The highest BCUT2D eigenvalue weighted by Gasteiger charge is 2.43. The Bertz CT molecular complexity index is 2860. The first-order valence-corrected chi connectivity index (χ1v) is 24.5. The van der Waals surface area contributed by atoms with Crippen molar-refractivity contribution >= 4 is 17.7 Å². The molecule has 1 saturated heterocycles. The lowest BCUT2D eigenvalue weighted by Crippen LogP contribution is -2.50. The number of methoxy groups -OCH3 is 1. The summed E-state index contributed by atoms with van der Waals surface area (Å²) in [5.41, 5.74) is 8.46. The number of piperazine rings is 1. The van der Waals surface area contributed by atoms with Gasteiger partial charge in [-0.1, -0.05) is 158 Å². The van der Waals surface area contributed by atoms with Crippen LogP contribution in [0, 0.1) is 11.8 Å². The molecule has 4 N–H and O–H groups in total. The normalized spacial score (nSPS) is 19.8. The summed E-state index contributed by atoms with van der Waals surface area (Å²) >= 11 is 0. The van der Waals surface area contributed by atoms with E-state index in [1.165, 1.54) is 18.5 Å². The predicted octanol–water partition coefficient (Wildman–Crippen LogP) is 9.86. The van der Waals surface area contributed by atoms with Crippen LogP contribution < -0.4 is 34.1 Å². The Morgan fingerprint density at radius 3 is 2.45 bits per heavy atom. The highest BCUT2D eigenvalue weighted by Crippen LogP contribution is 2.56. The van der Waals surface area contributed by atoms with Crippen LogP contribution in [0.15, 0.2) is 121 Å². The van der Waals surface area contributed by atoms with Crippen molar-refractivity contribution in [2.45, 2.75) is 87.9 Å². The second-order valence-electron chi connectivity index (χ2n) is 19.1. The van der Waals surface area contributed by atoms with Crippen molar-refractivity contribution in [2.24, 2.45) is 0 Å². The van der Waals surface area contributed by atoms with Crippen LogP contribution in [0.3, 0.4) is 0 Å². The number of aromatic hydroxyl groups is 1.